The number of anilines is 1. The van der Waals surface area contributed by atoms with Crippen molar-refractivity contribution in [2.24, 2.45) is 16.5 Å². The second-order valence-corrected chi connectivity index (χ2v) is 23.0. The number of hydrogen-bond acceptors (Lipinski definition) is 17. The first-order valence-corrected chi connectivity index (χ1v) is 25.9. The normalized spacial score (nSPS) is 22.0. The molecule has 4 aliphatic rings. The Balaban J connectivity index is 0.000000861. The van der Waals surface area contributed by atoms with Crippen molar-refractivity contribution in [2.75, 3.05) is 19.0 Å². The topological polar surface area (TPSA) is 286 Å². The first-order chi connectivity index (χ1) is 31.6. The number of alkyl carbamates (subject to hydrolysis) is 1. The summed E-state index contributed by atoms with van der Waals surface area (Å²) in [7, 11) is -6.57. The van der Waals surface area contributed by atoms with Gasteiger partial charge < -0.3 is 35.1 Å². The Morgan fingerprint density at radius 3 is 2.16 bits per heavy atom. The molecule has 1 aliphatic heterocycles. The Labute approximate surface area is 401 Å². The van der Waals surface area contributed by atoms with E-state index in [2.05, 4.69) is 31.9 Å². The van der Waals surface area contributed by atoms with Gasteiger partial charge in [0.05, 0.1) is 37.1 Å². The molecule has 5 atom stereocenters. The van der Waals surface area contributed by atoms with Crippen LogP contribution in [0.1, 0.15) is 93.9 Å². The van der Waals surface area contributed by atoms with E-state index in [0.29, 0.717) is 46.6 Å². The van der Waals surface area contributed by atoms with Gasteiger partial charge >= 0.3 is 26.7 Å². The number of likely N-dealkylation sites (tertiary alicyclic amines) is 1. The highest BCUT2D eigenvalue weighted by molar-refractivity contribution is 7.85. The molecule has 3 saturated carbocycles. The van der Waals surface area contributed by atoms with E-state index in [1.165, 1.54) is 22.3 Å². The zero-order chi connectivity index (χ0) is 50.1. The number of carbonyl (C=O) groups excluding carboxylic acids is 4. The van der Waals surface area contributed by atoms with Gasteiger partial charge in [-0.2, -0.15) is 16.8 Å². The van der Waals surface area contributed by atoms with Crippen LogP contribution in [0.15, 0.2) is 42.3 Å². The number of nitrogens with zero attached hydrogens (tertiary/aromatic N) is 3. The van der Waals surface area contributed by atoms with Crippen LogP contribution >= 0.6 is 11.3 Å². The lowest BCUT2D eigenvalue weighted by Gasteiger charge is -2.36. The molecule has 374 valence electrons. The summed E-state index contributed by atoms with van der Waals surface area (Å²) in [6.45, 7) is 18.1. The van der Waals surface area contributed by atoms with Gasteiger partial charge in [-0.05, 0) is 84.3 Å². The standard InChI is InChI=1S/C41H55N7O10S2.C3H7NO3S/c1-11-23-19-41(23,36(51)47-60(53,54)58-24-12-13-24)46-34(49)31-17-26(20-48(31)35(50)33(39(4,5)6)45-38(52)57-40(7,8)9)56-32-18-29(30-21-59-37(44-30)42-22(2)3)43-28-16-25(55-10)14-15-27(28)32;4-8(5,6)7-3-1-2-3/h11,14-16,18,21-24,26,31,33H,1,12-13,17,19-20H2,2-10H3,(H,42,44)(H,45,52)(H,46,49)(H,47,51);3H,1-2H2,(H2,4,5,6)/t23-,26-,31+,33-,41-;/m1./s1. The third kappa shape index (κ3) is 14.0. The lowest BCUT2D eigenvalue weighted by molar-refractivity contribution is -0.143. The van der Waals surface area contributed by atoms with Crippen LogP contribution in [-0.4, -0.2) is 117 Å². The van der Waals surface area contributed by atoms with Crippen LogP contribution in [0.4, 0.5) is 9.93 Å². The van der Waals surface area contributed by atoms with E-state index >= 15 is 0 Å². The Kier molecular flexibility index (Phi) is 15.4. The molecule has 1 aromatic carbocycles. The predicted molar refractivity (Wildman–Crippen MR) is 253 cm³/mol. The fourth-order valence-electron chi connectivity index (χ4n) is 7.29. The minimum Gasteiger partial charge on any atom is -0.497 e. The lowest BCUT2D eigenvalue weighted by Crippen LogP contribution is -2.60. The summed E-state index contributed by atoms with van der Waals surface area (Å²) in [5.74, 6) is -1.92. The van der Waals surface area contributed by atoms with Crippen LogP contribution in [0.2, 0.25) is 0 Å². The molecule has 24 heteroatoms. The number of benzene rings is 1. The molecule has 1 saturated heterocycles. The van der Waals surface area contributed by atoms with Crippen molar-refractivity contribution < 1.29 is 58.6 Å². The maximum absolute atomic E-state index is 14.7. The number of methoxy groups -OCH3 is 1. The first kappa shape index (κ1) is 52.2. The van der Waals surface area contributed by atoms with Crippen molar-refractivity contribution in [3.05, 3.63) is 42.3 Å². The van der Waals surface area contributed by atoms with E-state index in [4.69, 9.17) is 28.4 Å². The smallest absolute Gasteiger partial charge is 0.408 e. The molecule has 3 heterocycles. The van der Waals surface area contributed by atoms with Crippen molar-refractivity contribution >= 4 is 71.8 Å². The highest BCUT2D eigenvalue weighted by Gasteiger charge is 2.62. The molecule has 0 spiro atoms. The van der Waals surface area contributed by atoms with Gasteiger partial charge in [-0.15, -0.1) is 17.9 Å². The van der Waals surface area contributed by atoms with Gasteiger partial charge in [0.2, 0.25) is 11.8 Å². The Hall–Kier alpha value is -5.14. The number of carbonyl (C=O) groups is 4. The summed E-state index contributed by atoms with van der Waals surface area (Å²) >= 11 is 1.43. The molecule has 68 heavy (non-hydrogen) atoms. The van der Waals surface area contributed by atoms with Gasteiger partial charge in [-0.3, -0.25) is 22.7 Å². The highest BCUT2D eigenvalue weighted by Crippen LogP contribution is 2.45. The third-order valence-electron chi connectivity index (χ3n) is 10.9. The van der Waals surface area contributed by atoms with E-state index in [-0.39, 0.29) is 31.5 Å². The second kappa shape index (κ2) is 20.1. The number of fused-ring (bicyclic) bond motifs is 1. The van der Waals surface area contributed by atoms with E-state index < -0.39 is 91.2 Å². The monoisotopic (exact) mass is 1010 g/mol. The largest absolute Gasteiger partial charge is 0.497 e. The van der Waals surface area contributed by atoms with Crippen LogP contribution in [0, 0.1) is 11.3 Å². The molecule has 3 aromatic rings. The number of ether oxygens (including phenoxy) is 3. The molecule has 4 fully saturated rings. The maximum Gasteiger partial charge on any atom is 0.408 e. The molecule has 0 radical (unpaired) electrons. The molecular weight excluding hydrogens is 945 g/mol. The number of hydrogen-bond donors (Lipinski definition) is 5. The van der Waals surface area contributed by atoms with Crippen molar-refractivity contribution in [1.82, 2.24) is 30.2 Å². The van der Waals surface area contributed by atoms with Gasteiger partial charge in [0.1, 0.15) is 46.5 Å². The molecule has 21 nitrogen and oxygen atoms in total. The highest BCUT2D eigenvalue weighted by atomic mass is 32.2. The van der Waals surface area contributed by atoms with Crippen molar-refractivity contribution in [3.63, 3.8) is 0 Å². The van der Waals surface area contributed by atoms with Gasteiger partial charge in [0.25, 0.3) is 5.91 Å². The summed E-state index contributed by atoms with van der Waals surface area (Å²) in [6.07, 6.45) is 1.99. The predicted octanol–water partition coefficient (Wildman–Crippen LogP) is 4.44. The van der Waals surface area contributed by atoms with Crippen molar-refractivity contribution in [1.29, 1.82) is 0 Å². The number of amides is 4. The Morgan fingerprint density at radius 2 is 1.62 bits per heavy atom. The molecule has 3 aliphatic carbocycles. The van der Waals surface area contributed by atoms with Gasteiger partial charge in [0, 0.05) is 41.3 Å². The van der Waals surface area contributed by atoms with Crippen LogP contribution in [0.3, 0.4) is 0 Å². The molecule has 7 rings (SSSR count). The number of pyridine rings is 1. The first-order valence-electron chi connectivity index (χ1n) is 22.2. The van der Waals surface area contributed by atoms with E-state index in [1.54, 1.807) is 72.9 Å². The van der Waals surface area contributed by atoms with Gasteiger partial charge in [-0.1, -0.05) is 26.8 Å². The molecular formula is C44H62N8O13S3. The zero-order valence-corrected chi connectivity index (χ0v) is 42.1. The summed E-state index contributed by atoms with van der Waals surface area (Å²) in [5.41, 5.74) is -1.71. The molecule has 4 amide bonds. The SMILES string of the molecule is C=C[C@@H]1C[C@]1(NC(=O)[C@@H]1C[C@@H](Oc2cc(-c3csc(NC(C)C)n3)nc3cc(OC)ccc23)CN1C(=O)[C@@H](NC(=O)OC(C)(C)C)C(C)(C)C)C(=O)NS(=O)(=O)OC1CC1.NS(=O)(=O)OC1CC1. The van der Waals surface area contributed by atoms with E-state index in [0.717, 1.165) is 18.0 Å². The van der Waals surface area contributed by atoms with Gasteiger partial charge in [-0.25, -0.2) is 24.6 Å². The van der Waals surface area contributed by atoms with Crippen LogP contribution < -0.4 is 35.3 Å². The minimum absolute atomic E-state index is 0.0329. The number of nitrogens with one attached hydrogen (secondary N) is 4. The summed E-state index contributed by atoms with van der Waals surface area (Å²) in [4.78, 5) is 66.9. The Morgan fingerprint density at radius 1 is 0.956 bits per heavy atom. The number of rotatable bonds is 17. The van der Waals surface area contributed by atoms with Crippen LogP contribution in [0.5, 0.6) is 11.5 Å². The molecule has 0 bridgehead atoms. The molecule has 0 unspecified atom stereocenters. The van der Waals surface area contributed by atoms with Crippen molar-refractivity contribution in [3.8, 4) is 22.9 Å². The van der Waals surface area contributed by atoms with Gasteiger partial charge in [0.15, 0.2) is 5.13 Å². The zero-order valence-electron chi connectivity index (χ0n) is 39.6. The quantitative estimate of drug-likeness (QED) is 0.117. The minimum atomic E-state index is -4.46. The van der Waals surface area contributed by atoms with E-state index in [9.17, 15) is 36.0 Å². The van der Waals surface area contributed by atoms with Crippen molar-refractivity contribution in [2.45, 2.75) is 141 Å². The average Bonchev–Trinajstić information content (AvgIpc) is 4.18. The molecule has 6 N–H and O–H groups in total. The fraction of sp³-hybridized carbons (Fsp3) is 0.591. The number of aromatic nitrogens is 2. The second-order valence-electron chi connectivity index (χ2n) is 19.6. The number of nitrogens with two attached hydrogens (primary N) is 1. The maximum atomic E-state index is 14.7. The number of thiazole rings is 1. The lowest BCUT2D eigenvalue weighted by atomic mass is 9.85. The summed E-state index contributed by atoms with van der Waals surface area (Å²) in [5, 5.41) is 16.6. The molecule has 2 aromatic heterocycles. The van der Waals surface area contributed by atoms with Crippen LogP contribution in [0.25, 0.3) is 22.3 Å². The average molecular weight is 1010 g/mol. The summed E-state index contributed by atoms with van der Waals surface area (Å²) < 4.78 is 74.4. The van der Waals surface area contributed by atoms with Crippen LogP contribution in [-0.2, 0) is 48.1 Å². The summed E-state index contributed by atoms with van der Waals surface area (Å²) in [6, 6.07) is 4.88. The third-order valence-corrected chi connectivity index (χ3v) is 13.2. The Bertz CT molecular complexity index is 2620. The fourth-order valence-corrected chi connectivity index (χ4v) is 9.73. The van der Waals surface area contributed by atoms with E-state index in [1.807, 2.05) is 23.9 Å².